The van der Waals surface area contributed by atoms with Crippen molar-refractivity contribution in [3.63, 3.8) is 0 Å². The Morgan fingerprint density at radius 3 is 2.53 bits per heavy atom. The molecule has 7 heteroatoms. The van der Waals surface area contributed by atoms with Crippen LogP contribution in [0.3, 0.4) is 0 Å². The van der Waals surface area contributed by atoms with E-state index in [-0.39, 0.29) is 17.9 Å². The molecule has 0 aliphatic carbocycles. The molecule has 1 aliphatic heterocycles. The van der Waals surface area contributed by atoms with Crippen LogP contribution in [-0.4, -0.2) is 63.9 Å². The van der Waals surface area contributed by atoms with Crippen LogP contribution in [0.1, 0.15) is 49.5 Å². The monoisotopic (exact) mass is 488 g/mol. The standard InChI is InChI=1S/C29H36N4O3/c1-29(2,3)36-28(35)31(4)19-23-9-7-17-32(20-23)27(34)26-11-6-5-10-25(26)24-14-12-22(13-15-24)21-33-18-8-16-30-33/h5-6,8,10-16,18,23H,7,9,17,19-21H2,1-4H3. The molecule has 1 aliphatic rings. The lowest BCUT2D eigenvalue weighted by Gasteiger charge is -2.35. The molecule has 2 aromatic carbocycles. The Morgan fingerprint density at radius 1 is 1.08 bits per heavy atom. The summed E-state index contributed by atoms with van der Waals surface area (Å²) < 4.78 is 7.38. The number of piperidine rings is 1. The molecule has 3 aromatic rings. The summed E-state index contributed by atoms with van der Waals surface area (Å²) in [5, 5.41) is 4.27. The molecule has 0 spiro atoms. The van der Waals surface area contributed by atoms with Crippen molar-refractivity contribution in [3.05, 3.63) is 78.1 Å². The number of ether oxygens (including phenoxy) is 1. The Kier molecular flexibility index (Phi) is 7.77. The van der Waals surface area contributed by atoms with Gasteiger partial charge in [-0.2, -0.15) is 5.10 Å². The van der Waals surface area contributed by atoms with Crippen LogP contribution < -0.4 is 0 Å². The first-order valence-corrected chi connectivity index (χ1v) is 12.6. The average molecular weight is 489 g/mol. The Bertz CT molecular complexity index is 1170. The fourth-order valence-corrected chi connectivity index (χ4v) is 4.66. The summed E-state index contributed by atoms with van der Waals surface area (Å²) in [4.78, 5) is 29.6. The largest absolute Gasteiger partial charge is 0.444 e. The van der Waals surface area contributed by atoms with Gasteiger partial charge >= 0.3 is 6.09 Å². The predicted molar refractivity (Wildman–Crippen MR) is 141 cm³/mol. The Morgan fingerprint density at radius 2 is 1.83 bits per heavy atom. The van der Waals surface area contributed by atoms with Gasteiger partial charge in [0.05, 0.1) is 6.54 Å². The summed E-state index contributed by atoms with van der Waals surface area (Å²) >= 11 is 0. The van der Waals surface area contributed by atoms with Crippen LogP contribution in [0.5, 0.6) is 0 Å². The van der Waals surface area contributed by atoms with Gasteiger partial charge in [-0.25, -0.2) is 4.79 Å². The maximum absolute atomic E-state index is 13.6. The molecule has 1 atom stereocenters. The van der Waals surface area contributed by atoms with Crippen molar-refractivity contribution in [2.24, 2.45) is 5.92 Å². The van der Waals surface area contributed by atoms with Crippen LogP contribution >= 0.6 is 0 Å². The van der Waals surface area contributed by atoms with Crippen molar-refractivity contribution < 1.29 is 14.3 Å². The van der Waals surface area contributed by atoms with E-state index in [0.29, 0.717) is 25.2 Å². The van der Waals surface area contributed by atoms with E-state index < -0.39 is 5.60 Å². The summed E-state index contributed by atoms with van der Waals surface area (Å²) in [6.45, 7) is 8.23. The molecule has 1 saturated heterocycles. The molecule has 7 nitrogen and oxygen atoms in total. The van der Waals surface area contributed by atoms with Crippen LogP contribution in [0.2, 0.25) is 0 Å². The highest BCUT2D eigenvalue weighted by Gasteiger charge is 2.28. The number of hydrogen-bond donors (Lipinski definition) is 0. The summed E-state index contributed by atoms with van der Waals surface area (Å²) in [7, 11) is 1.76. The molecule has 0 N–H and O–H groups in total. The lowest BCUT2D eigenvalue weighted by molar-refractivity contribution is 0.0244. The van der Waals surface area contributed by atoms with Crippen molar-refractivity contribution >= 4 is 12.0 Å². The highest BCUT2D eigenvalue weighted by Crippen LogP contribution is 2.27. The van der Waals surface area contributed by atoms with Gasteiger partial charge in [0.1, 0.15) is 5.60 Å². The normalized spacial score (nSPS) is 16.0. The molecule has 2 heterocycles. The zero-order valence-electron chi connectivity index (χ0n) is 21.7. The van der Waals surface area contributed by atoms with E-state index in [1.54, 1.807) is 18.1 Å². The lowest BCUT2D eigenvalue weighted by Crippen LogP contribution is -2.45. The lowest BCUT2D eigenvalue weighted by atomic mass is 9.94. The second kappa shape index (κ2) is 11.0. The van der Waals surface area contributed by atoms with E-state index in [1.807, 2.05) is 66.9 Å². The molecule has 36 heavy (non-hydrogen) atoms. The van der Waals surface area contributed by atoms with Gasteiger partial charge in [-0.05, 0) is 68.4 Å². The third-order valence-electron chi connectivity index (χ3n) is 6.37. The van der Waals surface area contributed by atoms with Gasteiger partial charge in [-0.15, -0.1) is 0 Å². The smallest absolute Gasteiger partial charge is 0.410 e. The van der Waals surface area contributed by atoms with E-state index >= 15 is 0 Å². The second-order valence-corrected chi connectivity index (χ2v) is 10.6. The molecule has 1 fully saturated rings. The molecule has 1 aromatic heterocycles. The number of aromatic nitrogens is 2. The predicted octanol–water partition coefficient (Wildman–Crippen LogP) is 5.32. The van der Waals surface area contributed by atoms with Crippen LogP contribution in [0.15, 0.2) is 67.0 Å². The van der Waals surface area contributed by atoms with Gasteiger partial charge in [0, 0.05) is 44.6 Å². The maximum atomic E-state index is 13.6. The van der Waals surface area contributed by atoms with Gasteiger partial charge in [0.15, 0.2) is 0 Å². The molecule has 0 radical (unpaired) electrons. The van der Waals surface area contributed by atoms with E-state index in [1.165, 1.54) is 0 Å². The van der Waals surface area contributed by atoms with Crippen LogP contribution in [0.4, 0.5) is 4.79 Å². The van der Waals surface area contributed by atoms with E-state index in [9.17, 15) is 9.59 Å². The minimum absolute atomic E-state index is 0.0378. The molecular formula is C29H36N4O3. The van der Waals surface area contributed by atoms with E-state index in [4.69, 9.17) is 4.74 Å². The first-order chi connectivity index (χ1) is 17.2. The molecule has 0 bridgehead atoms. The Labute approximate surface area is 213 Å². The summed E-state index contributed by atoms with van der Waals surface area (Å²) in [5.74, 6) is 0.254. The van der Waals surface area contributed by atoms with Gasteiger partial charge < -0.3 is 14.5 Å². The number of carbonyl (C=O) groups is 2. The fourth-order valence-electron chi connectivity index (χ4n) is 4.66. The van der Waals surface area contributed by atoms with Crippen molar-refractivity contribution in [2.45, 2.75) is 45.8 Å². The molecule has 0 saturated carbocycles. The zero-order chi connectivity index (χ0) is 25.7. The number of carbonyl (C=O) groups excluding carboxylic acids is 2. The minimum atomic E-state index is -0.527. The second-order valence-electron chi connectivity index (χ2n) is 10.6. The first-order valence-electron chi connectivity index (χ1n) is 12.6. The number of benzene rings is 2. The van der Waals surface area contributed by atoms with Gasteiger partial charge in [0.2, 0.25) is 0 Å². The van der Waals surface area contributed by atoms with Gasteiger partial charge in [-0.3, -0.25) is 9.48 Å². The third kappa shape index (κ3) is 6.53. The highest BCUT2D eigenvalue weighted by atomic mass is 16.6. The van der Waals surface area contributed by atoms with Gasteiger partial charge in [-0.1, -0.05) is 42.5 Å². The van der Waals surface area contributed by atoms with E-state index in [0.717, 1.165) is 36.1 Å². The minimum Gasteiger partial charge on any atom is -0.444 e. The summed E-state index contributed by atoms with van der Waals surface area (Å²) in [6, 6.07) is 18.0. The van der Waals surface area contributed by atoms with Crippen molar-refractivity contribution in [1.82, 2.24) is 19.6 Å². The quantitative estimate of drug-likeness (QED) is 0.471. The van der Waals surface area contributed by atoms with Crippen molar-refractivity contribution in [1.29, 1.82) is 0 Å². The third-order valence-corrected chi connectivity index (χ3v) is 6.37. The van der Waals surface area contributed by atoms with E-state index in [2.05, 4.69) is 29.4 Å². The molecule has 4 rings (SSSR count). The summed E-state index contributed by atoms with van der Waals surface area (Å²) in [5.41, 5.74) is 3.28. The molecule has 1 unspecified atom stereocenters. The number of nitrogens with zero attached hydrogens (tertiary/aromatic N) is 4. The number of hydrogen-bond acceptors (Lipinski definition) is 4. The zero-order valence-corrected chi connectivity index (χ0v) is 21.7. The number of amides is 2. The van der Waals surface area contributed by atoms with Crippen molar-refractivity contribution in [3.8, 4) is 11.1 Å². The van der Waals surface area contributed by atoms with Crippen LogP contribution in [-0.2, 0) is 11.3 Å². The highest BCUT2D eigenvalue weighted by molar-refractivity contribution is 6.01. The van der Waals surface area contributed by atoms with Gasteiger partial charge in [0.25, 0.3) is 5.91 Å². The average Bonchev–Trinajstić information content (AvgIpc) is 3.36. The molecule has 190 valence electrons. The Hall–Kier alpha value is -3.61. The number of rotatable bonds is 6. The molecule has 2 amide bonds. The van der Waals surface area contributed by atoms with Crippen LogP contribution in [0.25, 0.3) is 11.1 Å². The maximum Gasteiger partial charge on any atom is 0.410 e. The number of likely N-dealkylation sites (tertiary alicyclic amines) is 1. The van der Waals surface area contributed by atoms with Crippen LogP contribution in [0, 0.1) is 5.92 Å². The topological polar surface area (TPSA) is 67.7 Å². The molecular weight excluding hydrogens is 452 g/mol. The fraction of sp³-hybridized carbons (Fsp3) is 0.414. The Balaban J connectivity index is 1.44. The summed E-state index contributed by atoms with van der Waals surface area (Å²) in [6.07, 6.45) is 5.29. The SMILES string of the molecule is CN(CC1CCCN(C(=O)c2ccccc2-c2ccc(Cn3cccn3)cc2)C1)C(=O)OC(C)(C)C. The first kappa shape index (κ1) is 25.5. The van der Waals surface area contributed by atoms with Crippen molar-refractivity contribution in [2.75, 3.05) is 26.7 Å².